The summed E-state index contributed by atoms with van der Waals surface area (Å²) in [6.45, 7) is 6.57. The fourth-order valence-electron chi connectivity index (χ4n) is 2.80. The van der Waals surface area contributed by atoms with E-state index in [1.165, 1.54) is 0 Å². The van der Waals surface area contributed by atoms with Gasteiger partial charge in [-0.1, -0.05) is 54.7 Å². The first-order valence-corrected chi connectivity index (χ1v) is 12.2. The Balaban J connectivity index is 2.09. The lowest BCUT2D eigenvalue weighted by Crippen LogP contribution is -2.48. The minimum absolute atomic E-state index is 0.111. The zero-order valence-corrected chi connectivity index (χ0v) is 20.9. The van der Waals surface area contributed by atoms with Crippen molar-refractivity contribution in [3.05, 3.63) is 63.1 Å². The van der Waals surface area contributed by atoms with E-state index in [0.29, 0.717) is 39.7 Å². The topological polar surface area (TPSA) is 49.4 Å². The Morgan fingerprint density at radius 2 is 1.65 bits per heavy atom. The van der Waals surface area contributed by atoms with Crippen molar-refractivity contribution in [3.8, 4) is 0 Å². The van der Waals surface area contributed by atoms with Crippen LogP contribution in [0, 0.1) is 5.92 Å². The maximum Gasteiger partial charge on any atom is 0.242 e. The molecule has 0 aliphatic rings. The summed E-state index contributed by atoms with van der Waals surface area (Å²) in [5, 5.41) is 4.57. The Morgan fingerprint density at radius 3 is 2.26 bits per heavy atom. The van der Waals surface area contributed by atoms with Crippen molar-refractivity contribution < 1.29 is 9.59 Å². The molecule has 2 rings (SSSR count). The van der Waals surface area contributed by atoms with Gasteiger partial charge in [0.05, 0.1) is 0 Å². The van der Waals surface area contributed by atoms with Crippen LogP contribution in [0.5, 0.6) is 0 Å². The van der Waals surface area contributed by atoms with Crippen molar-refractivity contribution in [2.24, 2.45) is 5.92 Å². The van der Waals surface area contributed by atoms with Crippen LogP contribution >= 0.6 is 46.6 Å². The van der Waals surface area contributed by atoms with Crippen molar-refractivity contribution in [1.82, 2.24) is 10.2 Å². The quantitative estimate of drug-likeness (QED) is 0.388. The molecule has 168 valence electrons. The maximum absolute atomic E-state index is 13.1. The van der Waals surface area contributed by atoms with Gasteiger partial charge in [-0.2, -0.15) is 0 Å². The van der Waals surface area contributed by atoms with Crippen LogP contribution in [0.25, 0.3) is 0 Å². The maximum atomic E-state index is 13.1. The third-order valence-electron chi connectivity index (χ3n) is 4.61. The van der Waals surface area contributed by atoms with Gasteiger partial charge in [-0.15, -0.1) is 11.8 Å². The van der Waals surface area contributed by atoms with Crippen LogP contribution in [-0.2, 0) is 16.1 Å². The zero-order valence-electron chi connectivity index (χ0n) is 17.8. The SMILES string of the molecule is CC(C)CNC(=O)[C@H](C)N(Cc1ccc(Cl)cc1Cl)C(=O)CCSc1ccc(Cl)cc1. The normalized spacial score (nSPS) is 12.0. The smallest absolute Gasteiger partial charge is 0.242 e. The van der Waals surface area contributed by atoms with Crippen molar-refractivity contribution in [1.29, 1.82) is 0 Å². The Morgan fingerprint density at radius 1 is 1.00 bits per heavy atom. The number of benzene rings is 2. The van der Waals surface area contributed by atoms with Crippen LogP contribution in [-0.4, -0.2) is 35.1 Å². The number of rotatable bonds is 10. The van der Waals surface area contributed by atoms with Gasteiger partial charge in [0, 0.05) is 45.2 Å². The fourth-order valence-corrected chi connectivity index (χ4v) is 4.23. The molecule has 0 aliphatic heterocycles. The molecule has 0 unspecified atom stereocenters. The number of thioether (sulfide) groups is 1. The van der Waals surface area contributed by atoms with E-state index in [0.717, 1.165) is 10.5 Å². The van der Waals surface area contributed by atoms with Gasteiger partial charge in [0.15, 0.2) is 0 Å². The third kappa shape index (κ3) is 8.57. The van der Waals surface area contributed by atoms with Gasteiger partial charge in [-0.3, -0.25) is 9.59 Å². The van der Waals surface area contributed by atoms with Crippen molar-refractivity contribution in [2.75, 3.05) is 12.3 Å². The van der Waals surface area contributed by atoms with Gasteiger partial charge in [-0.05, 0) is 54.8 Å². The highest BCUT2D eigenvalue weighted by Crippen LogP contribution is 2.25. The highest BCUT2D eigenvalue weighted by atomic mass is 35.5. The van der Waals surface area contributed by atoms with Gasteiger partial charge in [0.2, 0.25) is 11.8 Å². The molecule has 0 saturated carbocycles. The second-order valence-corrected chi connectivity index (χ2v) is 10.1. The van der Waals surface area contributed by atoms with Crippen LogP contribution in [0.15, 0.2) is 47.4 Å². The molecule has 8 heteroatoms. The Labute approximate surface area is 203 Å². The monoisotopic (exact) mass is 500 g/mol. The number of amides is 2. The third-order valence-corrected chi connectivity index (χ3v) is 6.46. The molecule has 0 spiro atoms. The van der Waals surface area contributed by atoms with Crippen LogP contribution < -0.4 is 5.32 Å². The van der Waals surface area contributed by atoms with E-state index in [1.807, 2.05) is 38.1 Å². The molecule has 1 atom stereocenters. The molecule has 0 aromatic heterocycles. The first kappa shape index (κ1) is 25.9. The first-order chi connectivity index (χ1) is 14.7. The molecule has 0 radical (unpaired) electrons. The second-order valence-electron chi connectivity index (χ2n) is 7.62. The highest BCUT2D eigenvalue weighted by Gasteiger charge is 2.26. The molecule has 0 aliphatic carbocycles. The lowest BCUT2D eigenvalue weighted by Gasteiger charge is -2.29. The zero-order chi connectivity index (χ0) is 23.0. The van der Waals surface area contributed by atoms with Gasteiger partial charge in [0.25, 0.3) is 0 Å². The molecule has 2 aromatic rings. The largest absolute Gasteiger partial charge is 0.354 e. The van der Waals surface area contributed by atoms with Crippen LogP contribution in [0.2, 0.25) is 15.1 Å². The number of carbonyl (C=O) groups is 2. The standard InChI is InChI=1S/C23H27Cl3N2O2S/c1-15(2)13-27-23(30)16(3)28(14-17-4-5-19(25)12-21(17)26)22(29)10-11-31-20-8-6-18(24)7-9-20/h4-9,12,15-16H,10-11,13-14H2,1-3H3,(H,27,30)/t16-/m0/s1. The van der Waals surface area contributed by atoms with Crippen molar-refractivity contribution in [3.63, 3.8) is 0 Å². The van der Waals surface area contributed by atoms with E-state index >= 15 is 0 Å². The summed E-state index contributed by atoms with van der Waals surface area (Å²) in [6.07, 6.45) is 0.292. The number of hydrogen-bond donors (Lipinski definition) is 1. The van der Waals surface area contributed by atoms with Crippen molar-refractivity contribution in [2.45, 2.75) is 44.7 Å². The summed E-state index contributed by atoms with van der Waals surface area (Å²) in [5.74, 6) is 0.616. The minimum Gasteiger partial charge on any atom is -0.354 e. The summed E-state index contributed by atoms with van der Waals surface area (Å²) < 4.78 is 0. The average molecular weight is 502 g/mol. The molecule has 2 aromatic carbocycles. The summed E-state index contributed by atoms with van der Waals surface area (Å²) in [5.41, 5.74) is 0.744. The van der Waals surface area contributed by atoms with E-state index in [9.17, 15) is 9.59 Å². The molecular weight excluding hydrogens is 475 g/mol. The molecule has 2 amide bonds. The lowest BCUT2D eigenvalue weighted by molar-refractivity contribution is -0.140. The van der Waals surface area contributed by atoms with Crippen LogP contribution in [0.1, 0.15) is 32.8 Å². The van der Waals surface area contributed by atoms with E-state index < -0.39 is 6.04 Å². The van der Waals surface area contributed by atoms with Gasteiger partial charge >= 0.3 is 0 Å². The molecule has 0 bridgehead atoms. The van der Waals surface area contributed by atoms with Gasteiger partial charge in [-0.25, -0.2) is 0 Å². The Bertz CT molecular complexity index is 891. The van der Waals surface area contributed by atoms with Gasteiger partial charge in [0.1, 0.15) is 6.04 Å². The number of hydrogen-bond acceptors (Lipinski definition) is 3. The number of nitrogens with one attached hydrogen (secondary N) is 1. The summed E-state index contributed by atoms with van der Waals surface area (Å²) in [7, 11) is 0. The van der Waals surface area contributed by atoms with Gasteiger partial charge < -0.3 is 10.2 Å². The molecule has 1 N–H and O–H groups in total. The molecule has 0 fully saturated rings. The first-order valence-electron chi connectivity index (χ1n) is 10.1. The van der Waals surface area contributed by atoms with Crippen LogP contribution in [0.4, 0.5) is 0 Å². The second kappa shape index (κ2) is 12.6. The average Bonchev–Trinajstić information content (AvgIpc) is 2.72. The highest BCUT2D eigenvalue weighted by molar-refractivity contribution is 7.99. The molecule has 4 nitrogen and oxygen atoms in total. The fraction of sp³-hybridized carbons (Fsp3) is 0.391. The Kier molecular flexibility index (Phi) is 10.5. The summed E-state index contributed by atoms with van der Waals surface area (Å²) in [4.78, 5) is 28.4. The van der Waals surface area contributed by atoms with E-state index in [4.69, 9.17) is 34.8 Å². The molecule has 0 heterocycles. The van der Waals surface area contributed by atoms with E-state index in [-0.39, 0.29) is 18.4 Å². The number of carbonyl (C=O) groups excluding carboxylic acids is 2. The van der Waals surface area contributed by atoms with E-state index in [2.05, 4.69) is 5.32 Å². The predicted molar refractivity (Wildman–Crippen MR) is 131 cm³/mol. The summed E-state index contributed by atoms with van der Waals surface area (Å²) in [6, 6.07) is 12.0. The van der Waals surface area contributed by atoms with Crippen molar-refractivity contribution >= 4 is 58.4 Å². The minimum atomic E-state index is -0.626. The van der Waals surface area contributed by atoms with E-state index in [1.54, 1.807) is 41.8 Å². The molecule has 31 heavy (non-hydrogen) atoms. The predicted octanol–water partition coefficient (Wildman–Crippen LogP) is 6.32. The number of nitrogens with zero attached hydrogens (tertiary/aromatic N) is 1. The lowest BCUT2D eigenvalue weighted by atomic mass is 10.1. The summed E-state index contributed by atoms with van der Waals surface area (Å²) >= 11 is 19.8. The van der Waals surface area contributed by atoms with Crippen LogP contribution in [0.3, 0.4) is 0 Å². The molecular formula is C23H27Cl3N2O2S. The number of halogens is 3. The molecule has 0 saturated heterocycles. The Hall–Kier alpha value is -1.40.